The van der Waals surface area contributed by atoms with Crippen LogP contribution in [-0.2, 0) is 4.79 Å². The highest BCUT2D eigenvalue weighted by Crippen LogP contribution is 2.49. The molecular weight excluding hydrogens is 222 g/mol. The fraction of sp³-hybridized carbons (Fsp3) is 0.938. The zero-order chi connectivity index (χ0) is 14.2. The van der Waals surface area contributed by atoms with Gasteiger partial charge in [-0.2, -0.15) is 0 Å². The number of carbonyl (C=O) groups is 1. The van der Waals surface area contributed by atoms with Crippen LogP contribution in [0.4, 0.5) is 0 Å². The van der Waals surface area contributed by atoms with Gasteiger partial charge in [-0.3, -0.25) is 4.79 Å². The van der Waals surface area contributed by atoms with Gasteiger partial charge in [-0.15, -0.1) is 0 Å². The average molecular weight is 253 g/mol. The first-order valence-corrected chi connectivity index (χ1v) is 7.25. The lowest BCUT2D eigenvalue weighted by Crippen LogP contribution is -2.51. The van der Waals surface area contributed by atoms with E-state index in [1.807, 2.05) is 20.8 Å². The number of Topliss-reactive ketones (excluding diaryl/α,β-unsaturated/α-hetero) is 1. The van der Waals surface area contributed by atoms with E-state index in [2.05, 4.69) is 33.0 Å². The molecule has 106 valence electrons. The summed E-state index contributed by atoms with van der Waals surface area (Å²) in [6.07, 6.45) is 4.81. The SMILES string of the molecule is CC1(CCC(NC(C)(C)C)C(=O)C(C)(C)C)CC1. The van der Waals surface area contributed by atoms with Crippen LogP contribution in [0.3, 0.4) is 0 Å². The Morgan fingerprint density at radius 2 is 1.67 bits per heavy atom. The minimum atomic E-state index is -0.257. The van der Waals surface area contributed by atoms with Gasteiger partial charge >= 0.3 is 0 Å². The van der Waals surface area contributed by atoms with Gasteiger partial charge in [0.25, 0.3) is 0 Å². The largest absolute Gasteiger partial charge is 0.303 e. The summed E-state index contributed by atoms with van der Waals surface area (Å²) < 4.78 is 0. The second-order valence-electron chi connectivity index (χ2n) is 8.41. The van der Waals surface area contributed by atoms with Crippen LogP contribution in [-0.4, -0.2) is 17.4 Å². The monoisotopic (exact) mass is 253 g/mol. The first kappa shape index (κ1) is 15.7. The van der Waals surface area contributed by atoms with Gasteiger partial charge in [-0.05, 0) is 51.9 Å². The Bertz CT molecular complexity index is 302. The second kappa shape index (κ2) is 4.96. The van der Waals surface area contributed by atoms with Crippen LogP contribution in [0.15, 0.2) is 0 Å². The highest BCUT2D eigenvalue weighted by Gasteiger charge is 2.39. The Hall–Kier alpha value is -0.370. The molecule has 1 unspecified atom stereocenters. The van der Waals surface area contributed by atoms with Crippen molar-refractivity contribution >= 4 is 5.78 Å². The minimum absolute atomic E-state index is 0.00225. The predicted molar refractivity (Wildman–Crippen MR) is 77.7 cm³/mol. The van der Waals surface area contributed by atoms with Crippen molar-refractivity contribution in [2.24, 2.45) is 10.8 Å². The zero-order valence-corrected chi connectivity index (χ0v) is 13.3. The van der Waals surface area contributed by atoms with Crippen molar-refractivity contribution in [3.05, 3.63) is 0 Å². The maximum atomic E-state index is 12.5. The fourth-order valence-corrected chi connectivity index (χ4v) is 2.27. The third kappa shape index (κ3) is 5.09. The van der Waals surface area contributed by atoms with E-state index < -0.39 is 0 Å². The van der Waals surface area contributed by atoms with Gasteiger partial charge in [0.15, 0.2) is 5.78 Å². The van der Waals surface area contributed by atoms with Gasteiger partial charge < -0.3 is 5.32 Å². The molecule has 0 amide bonds. The molecular formula is C16H31NO. The molecule has 1 saturated carbocycles. The third-order valence-electron chi connectivity index (χ3n) is 3.80. The van der Waals surface area contributed by atoms with Gasteiger partial charge in [0.1, 0.15) is 0 Å². The van der Waals surface area contributed by atoms with Crippen LogP contribution < -0.4 is 5.32 Å². The summed E-state index contributed by atoms with van der Waals surface area (Å²) in [4.78, 5) is 12.5. The molecule has 0 saturated heterocycles. The lowest BCUT2D eigenvalue weighted by Gasteiger charge is -2.32. The highest BCUT2D eigenvalue weighted by atomic mass is 16.1. The van der Waals surface area contributed by atoms with E-state index in [1.165, 1.54) is 19.3 Å². The summed E-state index contributed by atoms with van der Waals surface area (Å²) >= 11 is 0. The molecule has 2 nitrogen and oxygen atoms in total. The number of carbonyl (C=O) groups excluding carboxylic acids is 1. The molecule has 2 heteroatoms. The lowest BCUT2D eigenvalue weighted by atomic mass is 9.83. The molecule has 0 aromatic carbocycles. The van der Waals surface area contributed by atoms with Crippen LogP contribution in [0.2, 0.25) is 0 Å². The van der Waals surface area contributed by atoms with Crippen molar-refractivity contribution in [3.63, 3.8) is 0 Å². The predicted octanol–water partition coefficient (Wildman–Crippen LogP) is 3.94. The Morgan fingerprint density at radius 1 is 1.17 bits per heavy atom. The van der Waals surface area contributed by atoms with Gasteiger partial charge in [0, 0.05) is 11.0 Å². The molecule has 18 heavy (non-hydrogen) atoms. The van der Waals surface area contributed by atoms with Crippen LogP contribution in [0.25, 0.3) is 0 Å². The molecule has 0 aromatic rings. The minimum Gasteiger partial charge on any atom is -0.303 e. The van der Waals surface area contributed by atoms with E-state index >= 15 is 0 Å². The summed E-state index contributed by atoms with van der Waals surface area (Å²) in [7, 11) is 0. The normalized spacial score (nSPS) is 20.6. The van der Waals surface area contributed by atoms with Crippen molar-refractivity contribution in [2.75, 3.05) is 0 Å². The smallest absolute Gasteiger partial charge is 0.155 e. The van der Waals surface area contributed by atoms with E-state index in [9.17, 15) is 4.79 Å². The standard InChI is InChI=1S/C16H31NO/c1-14(2,3)13(18)12(17-15(4,5)6)8-9-16(7)10-11-16/h12,17H,8-11H2,1-7H3. The Morgan fingerprint density at radius 3 is 2.00 bits per heavy atom. The van der Waals surface area contributed by atoms with Crippen LogP contribution >= 0.6 is 0 Å². The number of hydrogen-bond donors (Lipinski definition) is 1. The quantitative estimate of drug-likeness (QED) is 0.804. The maximum Gasteiger partial charge on any atom is 0.155 e. The molecule has 0 radical (unpaired) electrons. The molecule has 1 fully saturated rings. The molecule has 1 rings (SSSR count). The van der Waals surface area contributed by atoms with Crippen LogP contribution in [0.1, 0.15) is 74.1 Å². The highest BCUT2D eigenvalue weighted by molar-refractivity contribution is 5.88. The number of ketones is 1. The van der Waals surface area contributed by atoms with Gasteiger partial charge in [0.05, 0.1) is 6.04 Å². The van der Waals surface area contributed by atoms with Crippen molar-refractivity contribution in [2.45, 2.75) is 85.7 Å². The van der Waals surface area contributed by atoms with Gasteiger partial charge in [-0.25, -0.2) is 0 Å². The van der Waals surface area contributed by atoms with Gasteiger partial charge in [0.2, 0.25) is 0 Å². The molecule has 1 N–H and O–H groups in total. The maximum absolute atomic E-state index is 12.5. The van der Waals surface area contributed by atoms with Crippen molar-refractivity contribution in [1.29, 1.82) is 0 Å². The van der Waals surface area contributed by atoms with E-state index in [1.54, 1.807) is 0 Å². The number of nitrogens with one attached hydrogen (secondary N) is 1. The number of hydrogen-bond acceptors (Lipinski definition) is 2. The second-order valence-corrected chi connectivity index (χ2v) is 8.41. The molecule has 1 atom stereocenters. The molecule has 0 aliphatic heterocycles. The van der Waals surface area contributed by atoms with E-state index in [0.717, 1.165) is 6.42 Å². The molecule has 1 aliphatic carbocycles. The van der Waals surface area contributed by atoms with E-state index in [0.29, 0.717) is 11.2 Å². The van der Waals surface area contributed by atoms with Crippen LogP contribution in [0.5, 0.6) is 0 Å². The molecule has 0 heterocycles. The van der Waals surface area contributed by atoms with Crippen molar-refractivity contribution in [3.8, 4) is 0 Å². The van der Waals surface area contributed by atoms with E-state index in [-0.39, 0.29) is 17.0 Å². The Kier molecular flexibility index (Phi) is 4.32. The summed E-state index contributed by atoms with van der Waals surface area (Å²) in [5, 5.41) is 3.51. The van der Waals surface area contributed by atoms with Crippen molar-refractivity contribution in [1.82, 2.24) is 5.32 Å². The van der Waals surface area contributed by atoms with Crippen molar-refractivity contribution < 1.29 is 4.79 Å². The third-order valence-corrected chi connectivity index (χ3v) is 3.80. The zero-order valence-electron chi connectivity index (χ0n) is 13.3. The molecule has 0 bridgehead atoms. The Balaban J connectivity index is 2.65. The summed E-state index contributed by atoms with van der Waals surface area (Å²) in [5.41, 5.74) is 0.263. The topological polar surface area (TPSA) is 29.1 Å². The average Bonchev–Trinajstić information content (AvgIpc) is 2.87. The summed E-state index contributed by atoms with van der Waals surface area (Å²) in [6.45, 7) is 14.8. The molecule has 1 aliphatic rings. The number of rotatable bonds is 5. The molecule has 0 aromatic heterocycles. The van der Waals surface area contributed by atoms with E-state index in [4.69, 9.17) is 0 Å². The fourth-order valence-electron chi connectivity index (χ4n) is 2.27. The first-order valence-electron chi connectivity index (χ1n) is 7.25. The lowest BCUT2D eigenvalue weighted by molar-refractivity contribution is -0.129. The summed E-state index contributed by atoms with van der Waals surface area (Å²) in [5.74, 6) is 0.349. The molecule has 0 spiro atoms. The Labute approximate surface area is 113 Å². The van der Waals surface area contributed by atoms with Crippen LogP contribution in [0, 0.1) is 10.8 Å². The first-order chi connectivity index (χ1) is 7.93. The summed E-state index contributed by atoms with van der Waals surface area (Å²) in [6, 6.07) is 0.00225. The van der Waals surface area contributed by atoms with Gasteiger partial charge in [-0.1, -0.05) is 27.7 Å².